The number of para-hydroxylation sites is 2. The summed E-state index contributed by atoms with van der Waals surface area (Å²) >= 11 is 0. The zero-order chi connectivity index (χ0) is 18.0. The van der Waals surface area contributed by atoms with Gasteiger partial charge in [0.05, 0.1) is 32.1 Å². The maximum Gasteiger partial charge on any atom is 0.242 e. The molecular weight excluding hydrogens is 328 g/mol. The van der Waals surface area contributed by atoms with Gasteiger partial charge in [-0.25, -0.2) is 0 Å². The van der Waals surface area contributed by atoms with Crippen LogP contribution in [0.1, 0.15) is 12.0 Å². The highest BCUT2D eigenvalue weighted by Crippen LogP contribution is 2.24. The number of ether oxygens (including phenoxy) is 2. The Morgan fingerprint density at radius 2 is 1.77 bits per heavy atom. The third-order valence-electron chi connectivity index (χ3n) is 4.39. The second kappa shape index (κ2) is 9.82. The van der Waals surface area contributed by atoms with Crippen LogP contribution in [0.5, 0.6) is 5.75 Å². The number of carbonyl (C=O) groups excluding carboxylic acids is 1. The molecule has 2 aromatic carbocycles. The second-order valence-corrected chi connectivity index (χ2v) is 6.28. The highest BCUT2D eigenvalue weighted by Gasteiger charge is 2.16. The summed E-state index contributed by atoms with van der Waals surface area (Å²) in [5, 5.41) is 3.21. The predicted molar refractivity (Wildman–Crippen MR) is 103 cm³/mol. The number of anilines is 1. The van der Waals surface area contributed by atoms with Crippen LogP contribution in [0.4, 0.5) is 5.69 Å². The molecule has 0 aromatic heterocycles. The zero-order valence-electron chi connectivity index (χ0n) is 15.0. The maximum absolute atomic E-state index is 12.3. The van der Waals surface area contributed by atoms with Crippen molar-refractivity contribution in [2.24, 2.45) is 0 Å². The van der Waals surface area contributed by atoms with Crippen molar-refractivity contribution in [1.29, 1.82) is 0 Å². The van der Waals surface area contributed by atoms with Gasteiger partial charge in [0.1, 0.15) is 5.75 Å². The van der Waals surface area contributed by atoms with Crippen LogP contribution >= 0.6 is 0 Å². The van der Waals surface area contributed by atoms with Gasteiger partial charge in [-0.1, -0.05) is 42.5 Å². The summed E-state index contributed by atoms with van der Waals surface area (Å²) in [6.45, 7) is 3.48. The largest absolute Gasteiger partial charge is 0.491 e. The summed E-state index contributed by atoms with van der Waals surface area (Å²) in [5.74, 6) is 0.877. The minimum Gasteiger partial charge on any atom is -0.491 e. The molecule has 138 valence electrons. The molecule has 5 heteroatoms. The van der Waals surface area contributed by atoms with Crippen molar-refractivity contribution >= 4 is 11.6 Å². The summed E-state index contributed by atoms with van der Waals surface area (Å²) in [6.07, 6.45) is 1.94. The van der Waals surface area contributed by atoms with E-state index in [2.05, 4.69) is 29.6 Å². The quantitative estimate of drug-likeness (QED) is 0.741. The van der Waals surface area contributed by atoms with Crippen molar-refractivity contribution < 1.29 is 14.3 Å². The van der Waals surface area contributed by atoms with E-state index < -0.39 is 0 Å². The van der Waals surface area contributed by atoms with Gasteiger partial charge in [0, 0.05) is 13.1 Å². The van der Waals surface area contributed by atoms with Gasteiger partial charge in [-0.3, -0.25) is 4.79 Å². The van der Waals surface area contributed by atoms with E-state index in [9.17, 15) is 4.79 Å². The highest BCUT2D eigenvalue weighted by molar-refractivity contribution is 5.81. The molecule has 1 saturated heterocycles. The molecule has 0 saturated carbocycles. The van der Waals surface area contributed by atoms with Crippen LogP contribution < -0.4 is 10.1 Å². The summed E-state index contributed by atoms with van der Waals surface area (Å²) in [4.78, 5) is 14.1. The van der Waals surface area contributed by atoms with Crippen LogP contribution in [0.25, 0.3) is 0 Å². The number of benzene rings is 2. The van der Waals surface area contributed by atoms with Gasteiger partial charge in [-0.15, -0.1) is 0 Å². The van der Waals surface area contributed by atoms with E-state index >= 15 is 0 Å². The van der Waals surface area contributed by atoms with Gasteiger partial charge in [-0.2, -0.15) is 0 Å². The number of hydrogen-bond acceptors (Lipinski definition) is 4. The third-order valence-corrected chi connectivity index (χ3v) is 4.39. The molecule has 1 aliphatic heterocycles. The molecule has 0 radical (unpaired) electrons. The smallest absolute Gasteiger partial charge is 0.242 e. The maximum atomic E-state index is 12.3. The van der Waals surface area contributed by atoms with Gasteiger partial charge in [0.25, 0.3) is 0 Å². The monoisotopic (exact) mass is 354 g/mol. The van der Waals surface area contributed by atoms with E-state index in [0.29, 0.717) is 32.9 Å². The molecule has 1 fully saturated rings. The van der Waals surface area contributed by atoms with E-state index in [1.807, 2.05) is 35.2 Å². The van der Waals surface area contributed by atoms with Crippen molar-refractivity contribution in [3.63, 3.8) is 0 Å². The van der Waals surface area contributed by atoms with Crippen molar-refractivity contribution in [3.05, 3.63) is 60.2 Å². The third kappa shape index (κ3) is 5.49. The van der Waals surface area contributed by atoms with Crippen LogP contribution in [-0.2, 0) is 16.0 Å². The van der Waals surface area contributed by atoms with Gasteiger partial charge in [0.15, 0.2) is 0 Å². The Labute approximate surface area is 154 Å². The first kappa shape index (κ1) is 18.3. The molecule has 1 amide bonds. The standard InChI is InChI=1S/C21H26N2O3/c24-21(23-12-15-25-16-13-23)17-22-19-10-4-5-11-20(19)26-14-6-9-18-7-2-1-3-8-18/h1-5,7-8,10-11,22H,6,9,12-17H2. The SMILES string of the molecule is O=C(CNc1ccccc1OCCCc1ccccc1)N1CCOCC1. The number of morpholine rings is 1. The lowest BCUT2D eigenvalue weighted by atomic mass is 10.1. The van der Waals surface area contributed by atoms with Crippen molar-refractivity contribution in [3.8, 4) is 5.75 Å². The fourth-order valence-electron chi connectivity index (χ4n) is 2.94. The first-order valence-corrected chi connectivity index (χ1v) is 9.18. The van der Waals surface area contributed by atoms with E-state index in [1.165, 1.54) is 5.56 Å². The van der Waals surface area contributed by atoms with Crippen LogP contribution in [-0.4, -0.2) is 50.3 Å². The molecular formula is C21H26N2O3. The van der Waals surface area contributed by atoms with E-state index in [4.69, 9.17) is 9.47 Å². The van der Waals surface area contributed by atoms with Crippen molar-refractivity contribution in [2.75, 3.05) is 44.8 Å². The molecule has 5 nitrogen and oxygen atoms in total. The summed E-state index contributed by atoms with van der Waals surface area (Å²) in [5.41, 5.74) is 2.17. The first-order valence-electron chi connectivity index (χ1n) is 9.18. The average molecular weight is 354 g/mol. The normalized spacial score (nSPS) is 14.1. The number of amides is 1. The van der Waals surface area contributed by atoms with E-state index in [-0.39, 0.29) is 12.5 Å². The Balaban J connectivity index is 1.45. The van der Waals surface area contributed by atoms with Crippen LogP contribution in [0.3, 0.4) is 0 Å². The summed E-state index contributed by atoms with van der Waals surface area (Å²) < 4.78 is 11.2. The Morgan fingerprint density at radius 3 is 2.58 bits per heavy atom. The Kier molecular flexibility index (Phi) is 6.90. The molecule has 0 aliphatic carbocycles. The molecule has 0 bridgehead atoms. The number of hydrogen-bond donors (Lipinski definition) is 1. The predicted octanol–water partition coefficient (Wildman–Crippen LogP) is 2.97. The lowest BCUT2D eigenvalue weighted by molar-refractivity contribution is -0.133. The molecule has 3 rings (SSSR count). The molecule has 1 aliphatic rings. The van der Waals surface area contributed by atoms with Crippen molar-refractivity contribution in [2.45, 2.75) is 12.8 Å². The minimum absolute atomic E-state index is 0.0900. The number of aryl methyl sites for hydroxylation is 1. The zero-order valence-corrected chi connectivity index (χ0v) is 15.0. The van der Waals surface area contributed by atoms with Crippen LogP contribution in [0, 0.1) is 0 Å². The average Bonchev–Trinajstić information content (AvgIpc) is 2.71. The van der Waals surface area contributed by atoms with Crippen LogP contribution in [0.15, 0.2) is 54.6 Å². The highest BCUT2D eigenvalue weighted by atomic mass is 16.5. The first-order chi connectivity index (χ1) is 12.8. The molecule has 0 spiro atoms. The summed E-state index contributed by atoms with van der Waals surface area (Å²) in [7, 11) is 0. The van der Waals surface area contributed by atoms with Gasteiger partial charge in [-0.05, 0) is 30.5 Å². The fourth-order valence-corrected chi connectivity index (χ4v) is 2.94. The second-order valence-electron chi connectivity index (χ2n) is 6.28. The molecule has 2 aromatic rings. The molecule has 0 atom stereocenters. The minimum atomic E-state index is 0.0900. The van der Waals surface area contributed by atoms with Gasteiger partial charge in [0.2, 0.25) is 5.91 Å². The number of nitrogens with one attached hydrogen (secondary N) is 1. The fraction of sp³-hybridized carbons (Fsp3) is 0.381. The molecule has 26 heavy (non-hydrogen) atoms. The molecule has 1 N–H and O–H groups in total. The Hall–Kier alpha value is -2.53. The lowest BCUT2D eigenvalue weighted by Crippen LogP contribution is -2.43. The van der Waals surface area contributed by atoms with E-state index in [1.54, 1.807) is 0 Å². The number of rotatable bonds is 8. The summed E-state index contributed by atoms with van der Waals surface area (Å²) in [6, 6.07) is 18.2. The van der Waals surface area contributed by atoms with Crippen molar-refractivity contribution in [1.82, 2.24) is 4.90 Å². The molecule has 0 unspecified atom stereocenters. The Bertz CT molecular complexity index is 685. The Morgan fingerprint density at radius 1 is 1.04 bits per heavy atom. The molecule has 1 heterocycles. The number of carbonyl (C=O) groups is 1. The van der Waals surface area contributed by atoms with Gasteiger partial charge < -0.3 is 19.7 Å². The topological polar surface area (TPSA) is 50.8 Å². The number of nitrogens with zero attached hydrogens (tertiary/aromatic N) is 1. The lowest BCUT2D eigenvalue weighted by Gasteiger charge is -2.27. The van der Waals surface area contributed by atoms with Gasteiger partial charge >= 0.3 is 0 Å². The van der Waals surface area contributed by atoms with E-state index in [0.717, 1.165) is 24.3 Å². The van der Waals surface area contributed by atoms with Crippen LogP contribution in [0.2, 0.25) is 0 Å².